The van der Waals surface area contributed by atoms with Crippen LogP contribution in [-0.2, 0) is 9.59 Å². The topological polar surface area (TPSA) is 76.6 Å². The van der Waals surface area contributed by atoms with Gasteiger partial charge in [-0.25, -0.2) is 4.98 Å². The standard InChI is InChI=1S/C25H17ClN2O4S/c1-32-17-10-11-18-19(13-17)33-25(27-18)28-21(15-8-5-9-16(26)12-15)20(23(30)24(28)31)22(29)14-6-3-2-4-7-14/h2-13,20-21H,1H3. The maximum Gasteiger partial charge on any atom is 0.297 e. The molecule has 6 nitrogen and oxygen atoms in total. The molecule has 1 aliphatic rings. The van der Waals surface area contributed by atoms with Gasteiger partial charge in [0.15, 0.2) is 10.9 Å². The van der Waals surface area contributed by atoms with E-state index in [0.29, 0.717) is 32.5 Å². The summed E-state index contributed by atoms with van der Waals surface area (Å²) in [5.74, 6) is -2.49. The molecule has 0 aliphatic carbocycles. The Hall–Kier alpha value is -3.55. The summed E-state index contributed by atoms with van der Waals surface area (Å²) in [7, 11) is 1.57. The quantitative estimate of drug-likeness (QED) is 0.227. The van der Waals surface area contributed by atoms with E-state index in [9.17, 15) is 14.4 Å². The van der Waals surface area contributed by atoms with Gasteiger partial charge in [-0.1, -0.05) is 65.4 Å². The van der Waals surface area contributed by atoms with E-state index in [1.807, 2.05) is 6.07 Å². The van der Waals surface area contributed by atoms with Crippen molar-refractivity contribution < 1.29 is 19.1 Å². The molecular weight excluding hydrogens is 460 g/mol. The summed E-state index contributed by atoms with van der Waals surface area (Å²) in [6.07, 6.45) is 0. The Morgan fingerprint density at radius 3 is 2.55 bits per heavy atom. The molecule has 1 aromatic heterocycles. The first-order chi connectivity index (χ1) is 16.0. The predicted molar refractivity (Wildman–Crippen MR) is 127 cm³/mol. The van der Waals surface area contributed by atoms with Crippen LogP contribution in [0.2, 0.25) is 5.02 Å². The molecule has 0 saturated carbocycles. The fraction of sp³-hybridized carbons (Fsp3) is 0.120. The second-order valence-electron chi connectivity index (χ2n) is 7.58. The molecule has 1 amide bonds. The highest BCUT2D eigenvalue weighted by atomic mass is 35.5. The largest absolute Gasteiger partial charge is 0.497 e. The Bertz CT molecular complexity index is 1400. The third kappa shape index (κ3) is 3.69. The van der Waals surface area contributed by atoms with Gasteiger partial charge in [0, 0.05) is 10.6 Å². The van der Waals surface area contributed by atoms with Crippen molar-refractivity contribution in [3.63, 3.8) is 0 Å². The normalized spacial score (nSPS) is 18.2. The zero-order valence-corrected chi connectivity index (χ0v) is 19.0. The number of rotatable bonds is 5. The first-order valence-electron chi connectivity index (χ1n) is 10.1. The lowest BCUT2D eigenvalue weighted by Crippen LogP contribution is -2.30. The van der Waals surface area contributed by atoms with E-state index in [1.54, 1.807) is 73.8 Å². The number of thiazole rings is 1. The summed E-state index contributed by atoms with van der Waals surface area (Å²) in [6, 6.07) is 19.9. The van der Waals surface area contributed by atoms with Crippen LogP contribution in [-0.4, -0.2) is 29.6 Å². The maximum atomic E-state index is 13.4. The lowest BCUT2D eigenvalue weighted by Gasteiger charge is -2.25. The van der Waals surface area contributed by atoms with Crippen molar-refractivity contribution in [3.8, 4) is 5.75 Å². The van der Waals surface area contributed by atoms with Crippen molar-refractivity contribution in [1.29, 1.82) is 0 Å². The molecule has 0 N–H and O–H groups in total. The number of Topliss-reactive ketones (excluding diaryl/α,β-unsaturated/α-hetero) is 2. The van der Waals surface area contributed by atoms with Gasteiger partial charge in [-0.3, -0.25) is 19.3 Å². The van der Waals surface area contributed by atoms with Gasteiger partial charge in [0.25, 0.3) is 5.91 Å². The van der Waals surface area contributed by atoms with Crippen LogP contribution in [0.15, 0.2) is 72.8 Å². The smallest absolute Gasteiger partial charge is 0.297 e. The zero-order valence-electron chi connectivity index (χ0n) is 17.4. The summed E-state index contributed by atoms with van der Waals surface area (Å²) < 4.78 is 6.08. The predicted octanol–water partition coefficient (Wildman–Crippen LogP) is 5.11. The molecule has 4 aromatic rings. The molecule has 3 aromatic carbocycles. The number of methoxy groups -OCH3 is 1. The molecule has 8 heteroatoms. The molecule has 1 saturated heterocycles. The maximum absolute atomic E-state index is 13.4. The Labute approximate surface area is 198 Å². The van der Waals surface area contributed by atoms with Crippen molar-refractivity contribution in [1.82, 2.24) is 4.98 Å². The second-order valence-corrected chi connectivity index (χ2v) is 9.02. The van der Waals surface area contributed by atoms with Crippen LogP contribution >= 0.6 is 22.9 Å². The van der Waals surface area contributed by atoms with Gasteiger partial charge in [0.05, 0.1) is 23.4 Å². The van der Waals surface area contributed by atoms with Crippen LogP contribution in [0.3, 0.4) is 0 Å². The highest BCUT2D eigenvalue weighted by molar-refractivity contribution is 7.22. The number of benzene rings is 3. The molecule has 1 fully saturated rings. The zero-order chi connectivity index (χ0) is 23.1. The molecule has 164 valence electrons. The number of anilines is 1. The third-order valence-corrected chi connectivity index (χ3v) is 6.88. The average Bonchev–Trinajstić information content (AvgIpc) is 3.37. The molecule has 33 heavy (non-hydrogen) atoms. The Morgan fingerprint density at radius 2 is 1.82 bits per heavy atom. The summed E-state index contributed by atoms with van der Waals surface area (Å²) >= 11 is 7.49. The fourth-order valence-electron chi connectivity index (χ4n) is 4.08. The first-order valence-corrected chi connectivity index (χ1v) is 11.3. The van der Waals surface area contributed by atoms with Crippen molar-refractivity contribution >= 4 is 55.8 Å². The van der Waals surface area contributed by atoms with Gasteiger partial charge in [0.2, 0.25) is 5.78 Å². The van der Waals surface area contributed by atoms with Gasteiger partial charge in [-0.15, -0.1) is 0 Å². The number of hydrogen-bond acceptors (Lipinski definition) is 6. The third-order valence-electron chi connectivity index (χ3n) is 5.63. The lowest BCUT2D eigenvalue weighted by molar-refractivity contribution is -0.135. The van der Waals surface area contributed by atoms with Gasteiger partial charge < -0.3 is 4.74 Å². The summed E-state index contributed by atoms with van der Waals surface area (Å²) in [6.45, 7) is 0. The Morgan fingerprint density at radius 1 is 1.03 bits per heavy atom. The molecule has 2 heterocycles. The van der Waals surface area contributed by atoms with Crippen LogP contribution in [0.4, 0.5) is 5.13 Å². The molecule has 1 aliphatic heterocycles. The van der Waals surface area contributed by atoms with Crippen LogP contribution < -0.4 is 9.64 Å². The summed E-state index contributed by atoms with van der Waals surface area (Å²) in [5.41, 5.74) is 1.62. The van der Waals surface area contributed by atoms with Gasteiger partial charge in [-0.2, -0.15) is 0 Å². The monoisotopic (exact) mass is 476 g/mol. The molecular formula is C25H17ClN2O4S. The molecule has 0 spiro atoms. The van der Waals surface area contributed by atoms with E-state index < -0.39 is 29.4 Å². The SMILES string of the molecule is COc1ccc2nc(N3C(=O)C(=O)C(C(=O)c4ccccc4)C3c3cccc(Cl)c3)sc2c1. The molecule has 0 radical (unpaired) electrons. The molecule has 5 rings (SSSR count). The average molecular weight is 477 g/mol. The molecule has 2 atom stereocenters. The number of amides is 1. The summed E-state index contributed by atoms with van der Waals surface area (Å²) in [5, 5.41) is 0.782. The van der Waals surface area contributed by atoms with E-state index in [-0.39, 0.29) is 0 Å². The Kier molecular flexibility index (Phi) is 5.44. The highest BCUT2D eigenvalue weighted by Crippen LogP contribution is 2.44. The number of carbonyl (C=O) groups is 3. The summed E-state index contributed by atoms with van der Waals surface area (Å²) in [4.78, 5) is 45.8. The number of halogens is 1. The first kappa shape index (κ1) is 21.3. The van der Waals surface area contributed by atoms with E-state index in [2.05, 4.69) is 4.98 Å². The number of carbonyl (C=O) groups excluding carboxylic acids is 3. The van der Waals surface area contributed by atoms with E-state index in [0.717, 1.165) is 4.70 Å². The lowest BCUT2D eigenvalue weighted by atomic mass is 9.86. The van der Waals surface area contributed by atoms with Crippen LogP contribution in [0.1, 0.15) is 22.0 Å². The number of hydrogen-bond donors (Lipinski definition) is 0. The number of fused-ring (bicyclic) bond motifs is 1. The Balaban J connectivity index is 1.67. The van der Waals surface area contributed by atoms with E-state index in [4.69, 9.17) is 16.3 Å². The number of ketones is 2. The van der Waals surface area contributed by atoms with Crippen LogP contribution in [0, 0.1) is 5.92 Å². The molecule has 2 unspecified atom stereocenters. The minimum Gasteiger partial charge on any atom is -0.497 e. The van der Waals surface area contributed by atoms with Crippen molar-refractivity contribution in [2.45, 2.75) is 6.04 Å². The minimum atomic E-state index is -1.21. The van der Waals surface area contributed by atoms with Crippen LogP contribution in [0.25, 0.3) is 10.2 Å². The van der Waals surface area contributed by atoms with Crippen molar-refractivity contribution in [2.75, 3.05) is 12.0 Å². The van der Waals surface area contributed by atoms with E-state index in [1.165, 1.54) is 16.2 Å². The minimum absolute atomic E-state index is 0.338. The van der Waals surface area contributed by atoms with Gasteiger partial charge >= 0.3 is 0 Å². The number of ether oxygens (including phenoxy) is 1. The van der Waals surface area contributed by atoms with Crippen molar-refractivity contribution in [3.05, 3.63) is 88.9 Å². The second kappa shape index (κ2) is 8.42. The van der Waals surface area contributed by atoms with Crippen LogP contribution in [0.5, 0.6) is 5.75 Å². The van der Waals surface area contributed by atoms with Crippen molar-refractivity contribution in [2.24, 2.45) is 5.92 Å². The molecule has 0 bridgehead atoms. The van der Waals surface area contributed by atoms with Gasteiger partial charge in [0.1, 0.15) is 11.7 Å². The highest BCUT2D eigenvalue weighted by Gasteiger charge is 2.53. The fourth-order valence-corrected chi connectivity index (χ4v) is 5.30. The van der Waals surface area contributed by atoms with E-state index >= 15 is 0 Å². The number of nitrogens with zero attached hydrogens (tertiary/aromatic N) is 2. The van der Waals surface area contributed by atoms with Gasteiger partial charge in [-0.05, 0) is 35.9 Å². The number of aromatic nitrogens is 1.